The summed E-state index contributed by atoms with van der Waals surface area (Å²) in [7, 11) is 0. The highest BCUT2D eigenvalue weighted by Crippen LogP contribution is 2.37. The Kier molecular flexibility index (Phi) is 13.1. The number of hydrogen-bond acceptors (Lipinski definition) is 5. The molecule has 2 aromatic carbocycles. The van der Waals surface area contributed by atoms with E-state index in [0.29, 0.717) is 32.1 Å². The second-order valence-corrected chi connectivity index (χ2v) is 8.82. The summed E-state index contributed by atoms with van der Waals surface area (Å²) in [6.07, 6.45) is 2.86. The van der Waals surface area contributed by atoms with E-state index in [4.69, 9.17) is 20.2 Å². The second-order valence-electron chi connectivity index (χ2n) is 8.82. The zero-order chi connectivity index (χ0) is 23.8. The third kappa shape index (κ3) is 8.09. The van der Waals surface area contributed by atoms with Crippen LogP contribution in [0.15, 0.2) is 42.5 Å². The number of aromatic nitrogens is 1. The number of pyridine rings is 1. The van der Waals surface area contributed by atoms with Crippen LogP contribution >= 0.6 is 24.8 Å². The standard InChI is InChI=1S/C28H36N2O3.2ClH/c1-5-32-27(31)12-8-9-15-33-21-13-14-25-23(17-21)28(22-11-7-6-10-20(22)4)24(18-29)26(30-25)16-19(2)3;;/h6-7,10-11,13-14,17,19H,5,8-9,12,15-16,18,29H2,1-4H3;2*1H. The lowest BCUT2D eigenvalue weighted by molar-refractivity contribution is -0.143. The maximum Gasteiger partial charge on any atom is 0.305 e. The van der Waals surface area contributed by atoms with Gasteiger partial charge in [0.15, 0.2) is 0 Å². The predicted molar refractivity (Wildman–Crippen MR) is 149 cm³/mol. The van der Waals surface area contributed by atoms with Crippen LogP contribution < -0.4 is 10.5 Å². The van der Waals surface area contributed by atoms with Crippen LogP contribution in [-0.2, 0) is 22.5 Å². The number of ether oxygens (including phenoxy) is 2. The number of rotatable bonds is 11. The lowest BCUT2D eigenvalue weighted by Crippen LogP contribution is -2.10. The predicted octanol–water partition coefficient (Wildman–Crippen LogP) is 6.82. The molecule has 0 aliphatic heterocycles. The van der Waals surface area contributed by atoms with Crippen LogP contribution in [0.1, 0.15) is 56.9 Å². The molecule has 0 aliphatic carbocycles. The van der Waals surface area contributed by atoms with Crippen molar-refractivity contribution in [1.82, 2.24) is 4.98 Å². The molecule has 2 N–H and O–H groups in total. The molecule has 0 aliphatic rings. The molecule has 0 fully saturated rings. The molecule has 35 heavy (non-hydrogen) atoms. The van der Waals surface area contributed by atoms with Crippen LogP contribution in [0.5, 0.6) is 5.75 Å². The lowest BCUT2D eigenvalue weighted by Gasteiger charge is -2.19. The zero-order valence-electron chi connectivity index (χ0n) is 21.1. The molecule has 0 saturated heterocycles. The Bertz CT molecular complexity index is 1100. The fourth-order valence-electron chi connectivity index (χ4n) is 4.15. The van der Waals surface area contributed by atoms with Crippen molar-refractivity contribution in [2.75, 3.05) is 13.2 Å². The molecule has 0 saturated carbocycles. The quantitative estimate of drug-likeness (QED) is 0.221. The molecule has 1 heterocycles. The first-order valence-electron chi connectivity index (χ1n) is 11.9. The SMILES string of the molecule is CCOC(=O)CCCCOc1ccc2nc(CC(C)C)c(CN)c(-c3ccccc3C)c2c1.Cl.Cl. The van der Waals surface area contributed by atoms with Crippen molar-refractivity contribution in [2.24, 2.45) is 11.7 Å². The molecule has 5 nitrogen and oxygen atoms in total. The van der Waals surface area contributed by atoms with Crippen molar-refractivity contribution in [3.05, 3.63) is 59.3 Å². The van der Waals surface area contributed by atoms with Gasteiger partial charge in [0.25, 0.3) is 0 Å². The number of benzene rings is 2. The van der Waals surface area contributed by atoms with Gasteiger partial charge in [-0.3, -0.25) is 9.78 Å². The van der Waals surface area contributed by atoms with Gasteiger partial charge >= 0.3 is 5.97 Å². The van der Waals surface area contributed by atoms with Crippen LogP contribution in [0.25, 0.3) is 22.0 Å². The second kappa shape index (κ2) is 14.9. The minimum Gasteiger partial charge on any atom is -0.494 e. The maximum atomic E-state index is 11.5. The van der Waals surface area contributed by atoms with Gasteiger partial charge in [0.1, 0.15) is 5.75 Å². The number of esters is 1. The topological polar surface area (TPSA) is 74.4 Å². The number of nitrogens with zero attached hydrogens (tertiary/aromatic N) is 1. The van der Waals surface area contributed by atoms with Gasteiger partial charge in [-0.15, -0.1) is 24.8 Å². The van der Waals surface area contributed by atoms with Gasteiger partial charge in [0, 0.05) is 24.0 Å². The van der Waals surface area contributed by atoms with Gasteiger partial charge in [-0.25, -0.2) is 0 Å². The highest BCUT2D eigenvalue weighted by atomic mass is 35.5. The summed E-state index contributed by atoms with van der Waals surface area (Å²) in [6.45, 7) is 9.78. The van der Waals surface area contributed by atoms with Gasteiger partial charge in [-0.1, -0.05) is 38.1 Å². The average Bonchev–Trinajstić information content (AvgIpc) is 2.78. The van der Waals surface area contributed by atoms with Crippen molar-refractivity contribution in [1.29, 1.82) is 0 Å². The van der Waals surface area contributed by atoms with Crippen LogP contribution in [0.3, 0.4) is 0 Å². The number of fused-ring (bicyclic) bond motifs is 1. The molecule has 0 spiro atoms. The molecule has 0 atom stereocenters. The van der Waals surface area contributed by atoms with Crippen LogP contribution in [-0.4, -0.2) is 24.2 Å². The molecule has 3 aromatic rings. The van der Waals surface area contributed by atoms with Crippen molar-refractivity contribution >= 4 is 41.7 Å². The first-order valence-corrected chi connectivity index (χ1v) is 11.9. The largest absolute Gasteiger partial charge is 0.494 e. The van der Waals surface area contributed by atoms with Gasteiger partial charge in [0.05, 0.1) is 18.7 Å². The Morgan fingerprint density at radius 2 is 1.83 bits per heavy atom. The Labute approximate surface area is 221 Å². The summed E-state index contributed by atoms with van der Waals surface area (Å²) < 4.78 is 11.0. The highest BCUT2D eigenvalue weighted by molar-refractivity contribution is 5.98. The molecular formula is C28H38Cl2N2O3. The summed E-state index contributed by atoms with van der Waals surface area (Å²) in [5.41, 5.74) is 13.0. The number of carbonyl (C=O) groups is 1. The number of aryl methyl sites for hydroxylation is 1. The van der Waals surface area contributed by atoms with Crippen molar-refractivity contribution in [3.63, 3.8) is 0 Å². The molecule has 192 valence electrons. The smallest absolute Gasteiger partial charge is 0.305 e. The Hall–Kier alpha value is -2.34. The molecule has 1 aromatic heterocycles. The first-order chi connectivity index (χ1) is 15.9. The number of carbonyl (C=O) groups excluding carboxylic acids is 1. The average molecular weight is 522 g/mol. The van der Waals surface area contributed by atoms with Crippen molar-refractivity contribution < 1.29 is 14.3 Å². The van der Waals surface area contributed by atoms with E-state index in [-0.39, 0.29) is 30.8 Å². The Morgan fingerprint density at radius 3 is 2.49 bits per heavy atom. The molecule has 0 amide bonds. The van der Waals surface area contributed by atoms with Crippen LogP contribution in [0, 0.1) is 12.8 Å². The molecule has 7 heteroatoms. The summed E-state index contributed by atoms with van der Waals surface area (Å²) >= 11 is 0. The molecular weight excluding hydrogens is 483 g/mol. The maximum absolute atomic E-state index is 11.5. The van der Waals surface area contributed by atoms with Crippen molar-refractivity contribution in [2.45, 2.75) is 59.9 Å². The minimum absolute atomic E-state index is 0. The van der Waals surface area contributed by atoms with Gasteiger partial charge in [-0.2, -0.15) is 0 Å². The van der Waals surface area contributed by atoms with E-state index in [9.17, 15) is 4.79 Å². The first kappa shape index (κ1) is 30.7. The monoisotopic (exact) mass is 520 g/mol. The van der Waals surface area contributed by atoms with Crippen LogP contribution in [0.2, 0.25) is 0 Å². The number of halogens is 2. The number of unbranched alkanes of at least 4 members (excludes halogenated alkanes) is 1. The molecule has 0 radical (unpaired) electrons. The van der Waals surface area contributed by atoms with E-state index in [0.717, 1.165) is 52.7 Å². The minimum atomic E-state index is -0.149. The third-order valence-corrected chi connectivity index (χ3v) is 5.71. The normalized spacial score (nSPS) is 10.6. The molecule has 0 bridgehead atoms. The summed E-state index contributed by atoms with van der Waals surface area (Å²) in [5.74, 6) is 1.14. The van der Waals surface area contributed by atoms with Crippen molar-refractivity contribution in [3.8, 4) is 16.9 Å². The third-order valence-electron chi connectivity index (χ3n) is 5.71. The highest BCUT2D eigenvalue weighted by Gasteiger charge is 2.18. The lowest BCUT2D eigenvalue weighted by atomic mass is 9.89. The molecule has 3 rings (SSSR count). The fourth-order valence-corrected chi connectivity index (χ4v) is 4.15. The summed E-state index contributed by atoms with van der Waals surface area (Å²) in [4.78, 5) is 16.5. The fraction of sp³-hybridized carbons (Fsp3) is 0.429. The molecule has 0 unspecified atom stereocenters. The number of hydrogen-bond donors (Lipinski definition) is 1. The summed E-state index contributed by atoms with van der Waals surface area (Å²) in [5, 5.41) is 1.06. The van der Waals surface area contributed by atoms with E-state index in [1.807, 2.05) is 19.1 Å². The van der Waals surface area contributed by atoms with E-state index in [2.05, 4.69) is 51.1 Å². The van der Waals surface area contributed by atoms with E-state index in [1.54, 1.807) is 0 Å². The number of nitrogens with two attached hydrogens (primary N) is 1. The van der Waals surface area contributed by atoms with Crippen LogP contribution in [0.4, 0.5) is 0 Å². The van der Waals surface area contributed by atoms with E-state index >= 15 is 0 Å². The Balaban J connectivity index is 0.00000306. The Morgan fingerprint density at radius 1 is 1.09 bits per heavy atom. The zero-order valence-corrected chi connectivity index (χ0v) is 22.8. The van der Waals surface area contributed by atoms with Gasteiger partial charge in [0.2, 0.25) is 0 Å². The van der Waals surface area contributed by atoms with E-state index < -0.39 is 0 Å². The summed E-state index contributed by atoms with van der Waals surface area (Å²) in [6, 6.07) is 14.5. The van der Waals surface area contributed by atoms with E-state index in [1.165, 1.54) is 11.1 Å². The van der Waals surface area contributed by atoms with Gasteiger partial charge in [-0.05, 0) is 79.5 Å². The van der Waals surface area contributed by atoms with Gasteiger partial charge < -0.3 is 15.2 Å².